The van der Waals surface area contributed by atoms with Gasteiger partial charge in [-0.05, 0) is 19.0 Å². The zero-order valence-electron chi connectivity index (χ0n) is 18.3. The van der Waals surface area contributed by atoms with Crippen LogP contribution >= 0.6 is 0 Å². The molecule has 0 bridgehead atoms. The number of morpholine rings is 1. The maximum absolute atomic E-state index is 15.0. The maximum atomic E-state index is 15.0. The number of aromatic nitrogens is 3. The van der Waals surface area contributed by atoms with Crippen molar-refractivity contribution < 1.29 is 13.9 Å². The highest BCUT2D eigenvalue weighted by Crippen LogP contribution is 2.30. The zero-order valence-corrected chi connectivity index (χ0v) is 18.3. The Morgan fingerprint density at radius 3 is 2.91 bits per heavy atom. The summed E-state index contributed by atoms with van der Waals surface area (Å²) in [5, 5.41) is 11.0. The quantitative estimate of drug-likeness (QED) is 0.599. The Hall–Kier alpha value is -2.69. The Bertz CT molecular complexity index is 910. The fraction of sp³-hybridized carbons (Fsp3) is 0.545. The van der Waals surface area contributed by atoms with Crippen LogP contribution in [0.15, 0.2) is 24.5 Å². The van der Waals surface area contributed by atoms with Crippen LogP contribution in [0.25, 0.3) is 0 Å². The van der Waals surface area contributed by atoms with E-state index in [0.29, 0.717) is 50.0 Å². The van der Waals surface area contributed by atoms with Crippen LogP contribution in [0.2, 0.25) is 0 Å². The summed E-state index contributed by atoms with van der Waals surface area (Å²) in [4.78, 5) is 17.7. The Kier molecular flexibility index (Phi) is 7.56. The van der Waals surface area contributed by atoms with Gasteiger partial charge in [0.15, 0.2) is 0 Å². The van der Waals surface area contributed by atoms with Crippen molar-refractivity contribution in [3.05, 3.63) is 35.9 Å². The first-order valence-electron chi connectivity index (χ1n) is 11.0. The van der Waals surface area contributed by atoms with Gasteiger partial charge in [0, 0.05) is 63.7 Å². The number of nitrogens with zero attached hydrogens (tertiary/aromatic N) is 5. The molecule has 2 aromatic rings. The highest BCUT2D eigenvalue weighted by atomic mass is 19.1. The van der Waals surface area contributed by atoms with Gasteiger partial charge in [0.1, 0.15) is 23.6 Å². The number of hydrogen-bond donors (Lipinski definition) is 2. The van der Waals surface area contributed by atoms with E-state index >= 15 is 0 Å². The lowest BCUT2D eigenvalue weighted by Crippen LogP contribution is -2.42. The number of rotatable bonds is 8. The van der Waals surface area contributed by atoms with Crippen molar-refractivity contribution in [1.82, 2.24) is 19.9 Å². The first-order chi connectivity index (χ1) is 15.7. The van der Waals surface area contributed by atoms with Crippen molar-refractivity contribution in [1.29, 1.82) is 5.41 Å². The van der Waals surface area contributed by atoms with E-state index in [0.717, 1.165) is 37.7 Å². The molecule has 0 spiro atoms. The third-order valence-electron chi connectivity index (χ3n) is 5.90. The van der Waals surface area contributed by atoms with Crippen molar-refractivity contribution in [3.8, 4) is 0 Å². The predicted molar refractivity (Wildman–Crippen MR) is 121 cm³/mol. The average Bonchev–Trinajstić information content (AvgIpc) is 2.83. The second-order valence-electron chi connectivity index (χ2n) is 8.01. The molecule has 2 unspecified atom stereocenters. The van der Waals surface area contributed by atoms with Gasteiger partial charge >= 0.3 is 0 Å². The van der Waals surface area contributed by atoms with Gasteiger partial charge in [-0.15, -0.1) is 0 Å². The minimum absolute atomic E-state index is 0.347. The molecule has 2 aliphatic heterocycles. The van der Waals surface area contributed by atoms with Crippen LogP contribution < -0.4 is 10.2 Å². The lowest BCUT2D eigenvalue weighted by molar-refractivity contribution is 0.0843. The minimum Gasteiger partial charge on any atom is -0.383 e. The third kappa shape index (κ3) is 5.37. The van der Waals surface area contributed by atoms with Crippen LogP contribution in [0.4, 0.5) is 21.7 Å². The van der Waals surface area contributed by atoms with Crippen molar-refractivity contribution in [2.24, 2.45) is 0 Å². The standard InChI is InChI=1S/C22H30FN7O2/c1-31-9-6-29-5-3-18(19(23)15-29)22-26-14-16(13-24)21(28-22)27-17-2-4-25-20(12-17)30-7-10-32-11-8-30/h2,4,12-14,18-19,24H,3,5-11,15H2,1H3,(H,25,26,27,28). The molecule has 9 nitrogen and oxygen atoms in total. The molecule has 4 rings (SSSR count). The molecular weight excluding hydrogens is 413 g/mol. The fourth-order valence-electron chi connectivity index (χ4n) is 4.07. The fourth-order valence-corrected chi connectivity index (χ4v) is 4.07. The highest BCUT2D eigenvalue weighted by Gasteiger charge is 2.32. The summed E-state index contributed by atoms with van der Waals surface area (Å²) in [5.41, 5.74) is 1.35. The second kappa shape index (κ2) is 10.8. The summed E-state index contributed by atoms with van der Waals surface area (Å²) < 4.78 is 25.5. The van der Waals surface area contributed by atoms with Gasteiger partial charge in [0.2, 0.25) is 0 Å². The Morgan fingerprint density at radius 2 is 2.16 bits per heavy atom. The van der Waals surface area contributed by atoms with Crippen LogP contribution in [0.3, 0.4) is 0 Å². The van der Waals surface area contributed by atoms with Gasteiger partial charge in [-0.2, -0.15) is 0 Å². The van der Waals surface area contributed by atoms with E-state index in [4.69, 9.17) is 14.9 Å². The second-order valence-corrected chi connectivity index (χ2v) is 8.01. The summed E-state index contributed by atoms with van der Waals surface area (Å²) >= 11 is 0. The van der Waals surface area contributed by atoms with Crippen molar-refractivity contribution in [2.75, 3.05) is 69.9 Å². The number of likely N-dealkylation sites (tertiary alicyclic amines) is 1. The number of piperidine rings is 1. The summed E-state index contributed by atoms with van der Waals surface area (Å²) in [7, 11) is 1.65. The maximum Gasteiger partial charge on any atom is 0.142 e. The lowest BCUT2D eigenvalue weighted by Gasteiger charge is -2.33. The summed E-state index contributed by atoms with van der Waals surface area (Å²) in [6, 6.07) is 3.80. The Morgan fingerprint density at radius 1 is 1.31 bits per heavy atom. The molecule has 172 valence electrons. The number of nitrogens with one attached hydrogen (secondary N) is 2. The van der Waals surface area contributed by atoms with Crippen LogP contribution in [-0.2, 0) is 9.47 Å². The molecule has 0 aromatic carbocycles. The molecule has 2 aromatic heterocycles. The largest absolute Gasteiger partial charge is 0.383 e. The molecule has 2 N–H and O–H groups in total. The summed E-state index contributed by atoms with van der Waals surface area (Å²) in [5.74, 6) is 1.46. The van der Waals surface area contributed by atoms with Crippen molar-refractivity contribution in [2.45, 2.75) is 18.5 Å². The monoisotopic (exact) mass is 443 g/mol. The van der Waals surface area contributed by atoms with E-state index in [9.17, 15) is 4.39 Å². The average molecular weight is 444 g/mol. The Labute approximate surface area is 187 Å². The Balaban J connectivity index is 1.50. The van der Waals surface area contributed by atoms with Crippen molar-refractivity contribution in [3.63, 3.8) is 0 Å². The number of hydrogen-bond acceptors (Lipinski definition) is 9. The predicted octanol–water partition coefficient (Wildman–Crippen LogP) is 2.22. The molecule has 2 fully saturated rings. The van der Waals surface area contributed by atoms with Crippen molar-refractivity contribution >= 4 is 23.5 Å². The molecule has 0 saturated carbocycles. The van der Waals surface area contributed by atoms with E-state index in [1.165, 1.54) is 6.21 Å². The van der Waals surface area contributed by atoms with E-state index in [2.05, 4.69) is 30.1 Å². The molecule has 2 atom stereocenters. The molecule has 4 heterocycles. The van der Waals surface area contributed by atoms with E-state index < -0.39 is 6.17 Å². The lowest BCUT2D eigenvalue weighted by atomic mass is 9.94. The molecule has 2 aliphatic rings. The summed E-state index contributed by atoms with van der Waals surface area (Å²) in [6.45, 7) is 5.38. The molecule has 32 heavy (non-hydrogen) atoms. The number of alkyl halides is 1. The molecular formula is C22H30FN7O2. The van der Waals surface area contributed by atoms with Crippen LogP contribution in [0.5, 0.6) is 0 Å². The number of pyridine rings is 1. The molecule has 0 aliphatic carbocycles. The van der Waals surface area contributed by atoms with E-state index in [-0.39, 0.29) is 5.92 Å². The van der Waals surface area contributed by atoms with E-state index in [1.54, 1.807) is 19.5 Å². The van der Waals surface area contributed by atoms with Crippen LogP contribution in [0.1, 0.15) is 23.7 Å². The first-order valence-corrected chi connectivity index (χ1v) is 11.0. The summed E-state index contributed by atoms with van der Waals surface area (Å²) in [6.07, 6.45) is 4.13. The van der Waals surface area contributed by atoms with E-state index in [1.807, 2.05) is 12.1 Å². The third-order valence-corrected chi connectivity index (χ3v) is 5.90. The van der Waals surface area contributed by atoms with Crippen LogP contribution in [0, 0.1) is 5.41 Å². The normalized spacial score (nSPS) is 22.0. The highest BCUT2D eigenvalue weighted by molar-refractivity contribution is 5.85. The number of anilines is 3. The SMILES string of the molecule is COCCN1CCC(c2ncc(C=N)c(Nc3ccnc(N4CCOCC4)c3)n2)C(F)C1. The molecule has 10 heteroatoms. The van der Waals surface area contributed by atoms with Gasteiger partial charge < -0.3 is 25.1 Å². The van der Waals surface area contributed by atoms with Gasteiger partial charge in [-0.3, -0.25) is 4.90 Å². The first kappa shape index (κ1) is 22.5. The smallest absolute Gasteiger partial charge is 0.142 e. The van der Waals surface area contributed by atoms with Gasteiger partial charge in [-0.25, -0.2) is 19.3 Å². The van der Waals surface area contributed by atoms with Crippen LogP contribution in [-0.4, -0.2) is 91.9 Å². The number of methoxy groups -OCH3 is 1. The molecule has 2 saturated heterocycles. The number of ether oxygens (including phenoxy) is 2. The van der Waals surface area contributed by atoms with Gasteiger partial charge in [-0.1, -0.05) is 0 Å². The molecule has 0 radical (unpaired) electrons. The number of halogens is 1. The topological polar surface area (TPSA) is 99.5 Å². The minimum atomic E-state index is -1.05. The zero-order chi connectivity index (χ0) is 22.3. The molecule has 0 amide bonds. The van der Waals surface area contributed by atoms with Gasteiger partial charge in [0.05, 0.1) is 31.3 Å². The van der Waals surface area contributed by atoms with Gasteiger partial charge in [0.25, 0.3) is 0 Å².